The lowest BCUT2D eigenvalue weighted by Crippen LogP contribution is -2.48. The first-order valence-corrected chi connectivity index (χ1v) is 12.4. The SMILES string of the molecule is CC1(C)Cc2c(-c3cc(NC(=O)NC4CCC(N5CCOCC5)CC4)ncc3Cl)cnn2C1. The lowest BCUT2D eigenvalue weighted by atomic mass is 9.89. The zero-order valence-corrected chi connectivity index (χ0v) is 20.2. The van der Waals surface area contributed by atoms with E-state index >= 15 is 0 Å². The molecule has 2 aromatic rings. The number of anilines is 1. The van der Waals surface area contributed by atoms with E-state index in [0.29, 0.717) is 16.9 Å². The van der Waals surface area contributed by atoms with Crippen molar-refractivity contribution in [2.75, 3.05) is 31.6 Å². The number of pyridine rings is 1. The molecule has 8 nitrogen and oxygen atoms in total. The third-order valence-corrected chi connectivity index (χ3v) is 7.45. The Balaban J connectivity index is 1.19. The molecule has 2 N–H and O–H groups in total. The van der Waals surface area contributed by atoms with Crippen molar-refractivity contribution in [1.29, 1.82) is 0 Å². The molecule has 2 aliphatic heterocycles. The highest BCUT2D eigenvalue weighted by atomic mass is 35.5. The van der Waals surface area contributed by atoms with Gasteiger partial charge in [0.2, 0.25) is 0 Å². The summed E-state index contributed by atoms with van der Waals surface area (Å²) < 4.78 is 7.52. The van der Waals surface area contributed by atoms with Crippen molar-refractivity contribution in [2.24, 2.45) is 5.41 Å². The van der Waals surface area contributed by atoms with Crippen LogP contribution >= 0.6 is 11.6 Å². The van der Waals surface area contributed by atoms with Gasteiger partial charge in [-0.15, -0.1) is 0 Å². The summed E-state index contributed by atoms with van der Waals surface area (Å²) in [5.74, 6) is 0.492. The number of carbonyl (C=O) groups is 1. The number of halogens is 1. The molecule has 9 heteroatoms. The van der Waals surface area contributed by atoms with Gasteiger partial charge in [0, 0.05) is 54.7 Å². The van der Waals surface area contributed by atoms with Crippen LogP contribution in [0.15, 0.2) is 18.5 Å². The summed E-state index contributed by atoms with van der Waals surface area (Å²) >= 11 is 6.49. The fraction of sp³-hybridized carbons (Fsp3) is 0.625. The van der Waals surface area contributed by atoms with Crippen LogP contribution in [0.4, 0.5) is 10.6 Å². The Kier molecular flexibility index (Phi) is 6.33. The molecular formula is C24H33ClN6O2. The molecule has 1 saturated heterocycles. The Morgan fingerprint density at radius 3 is 2.67 bits per heavy atom. The predicted molar refractivity (Wildman–Crippen MR) is 129 cm³/mol. The Labute approximate surface area is 200 Å². The lowest BCUT2D eigenvalue weighted by Gasteiger charge is -2.38. The number of morpholine rings is 1. The van der Waals surface area contributed by atoms with Crippen molar-refractivity contribution in [3.8, 4) is 11.1 Å². The van der Waals surface area contributed by atoms with Gasteiger partial charge < -0.3 is 10.1 Å². The largest absolute Gasteiger partial charge is 0.379 e. The molecule has 0 unspecified atom stereocenters. The molecule has 5 rings (SSSR count). The molecule has 0 spiro atoms. The zero-order chi connectivity index (χ0) is 23.0. The Morgan fingerprint density at radius 2 is 1.91 bits per heavy atom. The van der Waals surface area contributed by atoms with Gasteiger partial charge in [0.25, 0.3) is 0 Å². The summed E-state index contributed by atoms with van der Waals surface area (Å²) in [6.07, 6.45) is 8.61. The van der Waals surface area contributed by atoms with E-state index in [1.807, 2.05) is 12.3 Å². The quantitative estimate of drug-likeness (QED) is 0.704. The van der Waals surface area contributed by atoms with Gasteiger partial charge in [-0.1, -0.05) is 25.4 Å². The predicted octanol–water partition coefficient (Wildman–Crippen LogP) is 3.95. The summed E-state index contributed by atoms with van der Waals surface area (Å²) in [5.41, 5.74) is 3.23. The number of hydrogen-bond donors (Lipinski definition) is 2. The zero-order valence-electron chi connectivity index (χ0n) is 19.4. The van der Waals surface area contributed by atoms with Crippen LogP contribution in [0, 0.1) is 5.41 Å². The molecule has 0 bridgehead atoms. The number of nitrogens with zero attached hydrogens (tertiary/aromatic N) is 4. The number of amides is 2. The molecule has 2 fully saturated rings. The summed E-state index contributed by atoms with van der Waals surface area (Å²) in [6.45, 7) is 9.08. The van der Waals surface area contributed by atoms with E-state index in [1.165, 1.54) is 5.69 Å². The average molecular weight is 473 g/mol. The van der Waals surface area contributed by atoms with Gasteiger partial charge in [0.1, 0.15) is 5.82 Å². The van der Waals surface area contributed by atoms with E-state index in [0.717, 1.165) is 76.1 Å². The maximum atomic E-state index is 12.7. The molecule has 178 valence electrons. The Bertz CT molecular complexity index is 1010. The fourth-order valence-corrected chi connectivity index (χ4v) is 5.66. The minimum absolute atomic E-state index is 0.180. The standard InChI is InChI=1S/C24H33ClN6O2/c1-24(2)12-21-19(13-27-31(21)15-24)18-11-22(26-14-20(18)25)29-23(32)28-16-3-5-17(6-4-16)30-7-9-33-10-8-30/h11,13-14,16-17H,3-10,12,15H2,1-2H3,(H2,26,28,29,32). The van der Waals surface area contributed by atoms with Crippen molar-refractivity contribution in [3.63, 3.8) is 0 Å². The molecule has 2 amide bonds. The molecule has 3 aliphatic rings. The number of fused-ring (bicyclic) bond motifs is 1. The topological polar surface area (TPSA) is 84.3 Å². The molecule has 4 heterocycles. The first-order valence-electron chi connectivity index (χ1n) is 12.0. The third kappa shape index (κ3) is 5.03. The minimum atomic E-state index is -0.216. The number of hydrogen-bond acceptors (Lipinski definition) is 5. The van der Waals surface area contributed by atoms with Crippen LogP contribution in [-0.2, 0) is 17.7 Å². The molecule has 0 atom stereocenters. The van der Waals surface area contributed by atoms with Gasteiger partial charge in [0.15, 0.2) is 0 Å². The minimum Gasteiger partial charge on any atom is -0.379 e. The lowest BCUT2D eigenvalue weighted by molar-refractivity contribution is 0.00690. The van der Waals surface area contributed by atoms with Gasteiger partial charge in [-0.05, 0) is 43.6 Å². The average Bonchev–Trinajstić information content (AvgIpc) is 3.31. The maximum Gasteiger partial charge on any atom is 0.320 e. The number of rotatable bonds is 4. The van der Waals surface area contributed by atoms with Crippen LogP contribution in [0.1, 0.15) is 45.2 Å². The number of nitrogens with one attached hydrogen (secondary N) is 2. The summed E-state index contributed by atoms with van der Waals surface area (Å²) in [7, 11) is 0. The molecular weight excluding hydrogens is 440 g/mol. The second-order valence-electron chi connectivity index (χ2n) is 10.3. The van der Waals surface area contributed by atoms with E-state index in [4.69, 9.17) is 16.3 Å². The Hall–Kier alpha value is -2.16. The van der Waals surface area contributed by atoms with E-state index in [-0.39, 0.29) is 17.5 Å². The molecule has 0 radical (unpaired) electrons. The summed E-state index contributed by atoms with van der Waals surface area (Å²) in [5, 5.41) is 11.1. The van der Waals surface area contributed by atoms with Gasteiger partial charge in [0.05, 0.1) is 24.4 Å². The highest BCUT2D eigenvalue weighted by molar-refractivity contribution is 6.33. The van der Waals surface area contributed by atoms with Crippen molar-refractivity contribution in [3.05, 3.63) is 29.2 Å². The van der Waals surface area contributed by atoms with Crippen LogP contribution < -0.4 is 10.6 Å². The van der Waals surface area contributed by atoms with E-state index in [9.17, 15) is 4.79 Å². The van der Waals surface area contributed by atoms with Crippen molar-refractivity contribution in [2.45, 2.75) is 64.6 Å². The maximum absolute atomic E-state index is 12.7. The second kappa shape index (κ2) is 9.24. The first-order chi connectivity index (χ1) is 15.9. The summed E-state index contributed by atoms with van der Waals surface area (Å²) in [6, 6.07) is 2.43. The van der Waals surface area contributed by atoms with E-state index in [1.54, 1.807) is 6.20 Å². The van der Waals surface area contributed by atoms with Gasteiger partial charge in [-0.25, -0.2) is 9.78 Å². The molecule has 1 aliphatic carbocycles. The first kappa shape index (κ1) is 22.6. The van der Waals surface area contributed by atoms with Crippen LogP contribution in [0.2, 0.25) is 5.02 Å². The monoisotopic (exact) mass is 472 g/mol. The van der Waals surface area contributed by atoms with Crippen LogP contribution in [0.3, 0.4) is 0 Å². The van der Waals surface area contributed by atoms with E-state index < -0.39 is 0 Å². The number of urea groups is 1. The molecule has 2 aromatic heterocycles. The number of ether oxygens (including phenoxy) is 1. The van der Waals surface area contributed by atoms with E-state index in [2.05, 4.69) is 44.1 Å². The Morgan fingerprint density at radius 1 is 1.15 bits per heavy atom. The van der Waals surface area contributed by atoms with Crippen molar-refractivity contribution < 1.29 is 9.53 Å². The fourth-order valence-electron chi connectivity index (χ4n) is 5.45. The number of carbonyl (C=O) groups excluding carboxylic acids is 1. The third-order valence-electron chi connectivity index (χ3n) is 7.15. The van der Waals surface area contributed by atoms with Crippen LogP contribution in [0.5, 0.6) is 0 Å². The van der Waals surface area contributed by atoms with Crippen LogP contribution in [0.25, 0.3) is 11.1 Å². The van der Waals surface area contributed by atoms with Gasteiger partial charge in [-0.2, -0.15) is 5.10 Å². The van der Waals surface area contributed by atoms with Crippen molar-refractivity contribution >= 4 is 23.4 Å². The van der Waals surface area contributed by atoms with Crippen LogP contribution in [-0.4, -0.2) is 64.1 Å². The summed E-state index contributed by atoms with van der Waals surface area (Å²) in [4.78, 5) is 19.5. The van der Waals surface area contributed by atoms with Crippen molar-refractivity contribution in [1.82, 2.24) is 25.0 Å². The smallest absolute Gasteiger partial charge is 0.320 e. The van der Waals surface area contributed by atoms with Gasteiger partial charge >= 0.3 is 6.03 Å². The second-order valence-corrected chi connectivity index (χ2v) is 10.7. The molecule has 0 aromatic carbocycles. The molecule has 1 saturated carbocycles. The highest BCUT2D eigenvalue weighted by Crippen LogP contribution is 2.39. The van der Waals surface area contributed by atoms with Gasteiger partial charge in [-0.3, -0.25) is 14.9 Å². The molecule has 33 heavy (non-hydrogen) atoms. The highest BCUT2D eigenvalue weighted by Gasteiger charge is 2.32. The normalized spacial score (nSPS) is 24.9. The number of aromatic nitrogens is 3.